The quantitative estimate of drug-likeness (QED) is 0.902. The van der Waals surface area contributed by atoms with Crippen molar-refractivity contribution >= 4 is 28.1 Å². The van der Waals surface area contributed by atoms with Crippen LogP contribution in [0.2, 0.25) is 0 Å². The van der Waals surface area contributed by atoms with Crippen LogP contribution in [0, 0.1) is 5.82 Å². The zero-order valence-electron chi connectivity index (χ0n) is 13.5. The van der Waals surface area contributed by atoms with E-state index in [9.17, 15) is 14.3 Å². The third-order valence-corrected chi connectivity index (χ3v) is 5.09. The number of benzene rings is 1. The zero-order valence-corrected chi connectivity index (χ0v) is 14.3. The zero-order chi connectivity index (χ0) is 17.1. The number of aliphatic hydroxyl groups is 1. The summed E-state index contributed by atoms with van der Waals surface area (Å²) in [6.45, 7) is 3.11. The minimum absolute atomic E-state index is 0.145. The minimum Gasteiger partial charge on any atom is -0.395 e. The number of carbonyl (C=O) groups is 1. The number of carbonyl (C=O) groups excluding carboxylic acids is 1. The lowest BCUT2D eigenvalue weighted by atomic mass is 10.2. The third kappa shape index (κ3) is 3.48. The van der Waals surface area contributed by atoms with E-state index in [-0.39, 0.29) is 24.2 Å². The Balaban J connectivity index is 1.82. The molecule has 0 spiro atoms. The summed E-state index contributed by atoms with van der Waals surface area (Å²) in [5.41, 5.74) is 1.04. The van der Waals surface area contributed by atoms with Crippen LogP contribution in [0.15, 0.2) is 29.6 Å². The van der Waals surface area contributed by atoms with E-state index < -0.39 is 5.82 Å². The Hall–Kier alpha value is -1.83. The molecule has 1 aromatic carbocycles. The molecule has 1 aliphatic rings. The SMILES string of the molecule is CC(=O)N(c1nc(CN2CCCC2CO)cs1)c1ccccc1F. The topological polar surface area (TPSA) is 56.7 Å². The van der Waals surface area contributed by atoms with Crippen LogP contribution in [0.4, 0.5) is 15.2 Å². The summed E-state index contributed by atoms with van der Waals surface area (Å²) in [4.78, 5) is 20.0. The van der Waals surface area contributed by atoms with Gasteiger partial charge < -0.3 is 5.11 Å². The molecule has 1 fully saturated rings. The van der Waals surface area contributed by atoms with Crippen molar-refractivity contribution in [2.45, 2.75) is 32.4 Å². The average molecular weight is 349 g/mol. The van der Waals surface area contributed by atoms with Crippen molar-refractivity contribution in [1.82, 2.24) is 9.88 Å². The van der Waals surface area contributed by atoms with Gasteiger partial charge >= 0.3 is 0 Å². The first-order valence-electron chi connectivity index (χ1n) is 7.94. The highest BCUT2D eigenvalue weighted by molar-refractivity contribution is 7.14. The highest BCUT2D eigenvalue weighted by Crippen LogP contribution is 2.31. The van der Waals surface area contributed by atoms with Gasteiger partial charge in [-0.1, -0.05) is 12.1 Å². The molecule has 1 N–H and O–H groups in total. The van der Waals surface area contributed by atoms with Crippen molar-refractivity contribution < 1.29 is 14.3 Å². The van der Waals surface area contributed by atoms with E-state index in [0.717, 1.165) is 25.1 Å². The van der Waals surface area contributed by atoms with Gasteiger partial charge in [-0.3, -0.25) is 14.6 Å². The van der Waals surface area contributed by atoms with Gasteiger partial charge in [0.2, 0.25) is 5.91 Å². The van der Waals surface area contributed by atoms with Gasteiger partial charge in [0, 0.05) is 24.9 Å². The van der Waals surface area contributed by atoms with Crippen LogP contribution >= 0.6 is 11.3 Å². The molecule has 0 bridgehead atoms. The average Bonchev–Trinajstić information content (AvgIpc) is 3.19. The summed E-state index contributed by atoms with van der Waals surface area (Å²) < 4.78 is 14.1. The van der Waals surface area contributed by atoms with E-state index in [1.165, 1.54) is 29.2 Å². The van der Waals surface area contributed by atoms with Crippen LogP contribution in [0.25, 0.3) is 0 Å². The smallest absolute Gasteiger partial charge is 0.230 e. The maximum Gasteiger partial charge on any atom is 0.230 e. The lowest BCUT2D eigenvalue weighted by Gasteiger charge is -2.21. The first kappa shape index (κ1) is 17.0. The van der Waals surface area contributed by atoms with Crippen LogP contribution in [0.3, 0.4) is 0 Å². The van der Waals surface area contributed by atoms with Crippen LogP contribution in [0.5, 0.6) is 0 Å². The van der Waals surface area contributed by atoms with E-state index >= 15 is 0 Å². The fourth-order valence-corrected chi connectivity index (χ4v) is 3.90. The molecule has 7 heteroatoms. The number of rotatable bonds is 5. The molecule has 2 heterocycles. The fourth-order valence-electron chi connectivity index (χ4n) is 3.03. The van der Waals surface area contributed by atoms with Gasteiger partial charge in [-0.25, -0.2) is 9.37 Å². The molecule has 1 amide bonds. The molecule has 24 heavy (non-hydrogen) atoms. The number of anilines is 2. The molecular formula is C17H20FN3O2S. The first-order valence-corrected chi connectivity index (χ1v) is 8.82. The van der Waals surface area contributed by atoms with Crippen molar-refractivity contribution in [2.24, 2.45) is 0 Å². The Kier molecular flexibility index (Phi) is 5.23. The number of halogens is 1. The Labute approximate surface area is 144 Å². The number of nitrogens with zero attached hydrogens (tertiary/aromatic N) is 3. The number of amides is 1. The van der Waals surface area contributed by atoms with Crippen LogP contribution < -0.4 is 4.90 Å². The van der Waals surface area contributed by atoms with Gasteiger partial charge in [0.05, 0.1) is 18.0 Å². The maximum atomic E-state index is 14.1. The summed E-state index contributed by atoms with van der Waals surface area (Å²) in [5, 5.41) is 11.8. The van der Waals surface area contributed by atoms with Crippen molar-refractivity contribution in [3.8, 4) is 0 Å². The van der Waals surface area contributed by atoms with Crippen molar-refractivity contribution in [3.05, 3.63) is 41.2 Å². The molecule has 1 unspecified atom stereocenters. The molecule has 1 aromatic heterocycles. The lowest BCUT2D eigenvalue weighted by Crippen LogP contribution is -2.31. The van der Waals surface area contributed by atoms with Gasteiger partial charge in [-0.15, -0.1) is 11.3 Å². The second-order valence-corrected chi connectivity index (χ2v) is 6.71. The molecule has 2 aromatic rings. The number of para-hydroxylation sites is 1. The number of likely N-dealkylation sites (tertiary alicyclic amines) is 1. The normalized spacial score (nSPS) is 18.0. The number of hydrogen-bond acceptors (Lipinski definition) is 5. The van der Waals surface area contributed by atoms with Crippen molar-refractivity contribution in [1.29, 1.82) is 0 Å². The van der Waals surface area contributed by atoms with Gasteiger partial charge in [0.25, 0.3) is 0 Å². The number of thiazole rings is 1. The Morgan fingerprint density at radius 1 is 1.50 bits per heavy atom. The van der Waals surface area contributed by atoms with E-state index in [1.54, 1.807) is 18.2 Å². The van der Waals surface area contributed by atoms with Crippen LogP contribution in [-0.2, 0) is 11.3 Å². The molecule has 5 nitrogen and oxygen atoms in total. The summed E-state index contributed by atoms with van der Waals surface area (Å²) in [5.74, 6) is -0.736. The Morgan fingerprint density at radius 3 is 3.00 bits per heavy atom. The van der Waals surface area contributed by atoms with Crippen molar-refractivity contribution in [2.75, 3.05) is 18.1 Å². The second-order valence-electron chi connectivity index (χ2n) is 5.88. The molecular weight excluding hydrogens is 329 g/mol. The van der Waals surface area contributed by atoms with E-state index in [1.807, 2.05) is 5.38 Å². The number of aliphatic hydroxyl groups excluding tert-OH is 1. The van der Waals surface area contributed by atoms with Gasteiger partial charge in [0.1, 0.15) is 5.82 Å². The molecule has 3 rings (SSSR count). The molecule has 1 atom stereocenters. The summed E-state index contributed by atoms with van der Waals surface area (Å²) in [6.07, 6.45) is 2.05. The van der Waals surface area contributed by atoms with Gasteiger partial charge in [0.15, 0.2) is 5.13 Å². The Morgan fingerprint density at radius 2 is 2.29 bits per heavy atom. The first-order chi connectivity index (χ1) is 11.6. The van der Waals surface area contributed by atoms with Crippen LogP contribution in [0.1, 0.15) is 25.5 Å². The highest BCUT2D eigenvalue weighted by Gasteiger charge is 2.25. The number of hydrogen-bond donors (Lipinski definition) is 1. The fraction of sp³-hybridized carbons (Fsp3) is 0.412. The summed E-state index contributed by atoms with van der Waals surface area (Å²) in [6, 6.07) is 6.35. The molecule has 0 saturated carbocycles. The second kappa shape index (κ2) is 7.38. The minimum atomic E-state index is -0.454. The van der Waals surface area contributed by atoms with Gasteiger partial charge in [-0.2, -0.15) is 0 Å². The van der Waals surface area contributed by atoms with Crippen LogP contribution in [-0.4, -0.2) is 40.1 Å². The summed E-state index contributed by atoms with van der Waals surface area (Å²) >= 11 is 1.32. The van der Waals surface area contributed by atoms with Gasteiger partial charge in [-0.05, 0) is 31.5 Å². The van der Waals surface area contributed by atoms with E-state index in [2.05, 4.69) is 9.88 Å². The van der Waals surface area contributed by atoms with E-state index in [0.29, 0.717) is 11.7 Å². The number of aromatic nitrogens is 1. The molecule has 0 aliphatic carbocycles. The highest BCUT2D eigenvalue weighted by atomic mass is 32.1. The standard InChI is InChI=1S/C17H20FN3O2S/c1-12(23)21(16-7-3-2-6-15(16)18)17-19-13(11-24-17)9-20-8-4-5-14(20)10-22/h2-3,6-7,11,14,22H,4-5,8-10H2,1H3. The lowest BCUT2D eigenvalue weighted by molar-refractivity contribution is -0.115. The maximum absolute atomic E-state index is 14.1. The molecule has 1 saturated heterocycles. The molecule has 0 radical (unpaired) electrons. The Bertz CT molecular complexity index is 721. The third-order valence-electron chi connectivity index (χ3n) is 4.21. The summed E-state index contributed by atoms with van der Waals surface area (Å²) in [7, 11) is 0. The predicted molar refractivity (Wildman–Crippen MR) is 91.9 cm³/mol. The van der Waals surface area contributed by atoms with E-state index in [4.69, 9.17) is 0 Å². The largest absolute Gasteiger partial charge is 0.395 e. The monoisotopic (exact) mass is 349 g/mol. The molecule has 1 aliphatic heterocycles. The van der Waals surface area contributed by atoms with Crippen molar-refractivity contribution in [3.63, 3.8) is 0 Å². The molecule has 128 valence electrons. The predicted octanol–water partition coefficient (Wildman–Crippen LogP) is 2.92.